The van der Waals surface area contributed by atoms with E-state index in [2.05, 4.69) is 10.1 Å². The van der Waals surface area contributed by atoms with Gasteiger partial charge < -0.3 is 23.6 Å². The molecule has 0 aliphatic carbocycles. The first-order chi connectivity index (χ1) is 15.0. The average Bonchev–Trinajstić information content (AvgIpc) is 3.53. The van der Waals surface area contributed by atoms with Crippen LogP contribution in [0.3, 0.4) is 0 Å². The maximum Gasteiger partial charge on any atom is 0.315 e. The second-order valence-electron chi connectivity index (χ2n) is 7.80. The molecule has 31 heavy (non-hydrogen) atoms. The number of halogens is 3. The number of fused-ring (bicyclic) bond motifs is 5. The summed E-state index contributed by atoms with van der Waals surface area (Å²) in [5.74, 6) is 1.50. The molecule has 6 rings (SSSR count). The number of hydrogen-bond acceptors (Lipinski definition) is 7. The Bertz CT molecular complexity index is 1200. The molecule has 1 spiro atoms. The fraction of sp³-hybridized carbons (Fsp3) is 0.333. The summed E-state index contributed by atoms with van der Waals surface area (Å²) in [6.45, 7) is 2.88. The van der Waals surface area contributed by atoms with E-state index in [0.717, 1.165) is 16.8 Å². The maximum atomic E-state index is 13.0. The monoisotopic (exact) mass is 447 g/mol. The first-order valence-electron chi connectivity index (χ1n) is 9.72. The molecule has 0 fully saturated rings. The van der Waals surface area contributed by atoms with E-state index in [1.54, 1.807) is 0 Å². The normalized spacial score (nSPS) is 21.5. The average molecular weight is 448 g/mol. The number of rotatable bonds is 3. The van der Waals surface area contributed by atoms with Gasteiger partial charge in [0.25, 0.3) is 5.89 Å². The van der Waals surface area contributed by atoms with Crippen molar-refractivity contribution in [3.8, 4) is 17.2 Å². The molecule has 2 atom stereocenters. The fourth-order valence-corrected chi connectivity index (χ4v) is 5.05. The first kappa shape index (κ1) is 18.7. The van der Waals surface area contributed by atoms with Crippen LogP contribution >= 0.6 is 11.6 Å². The Labute approximate surface area is 180 Å². The van der Waals surface area contributed by atoms with Crippen molar-refractivity contribution in [3.05, 3.63) is 58.2 Å². The van der Waals surface area contributed by atoms with Crippen molar-refractivity contribution < 1.29 is 27.5 Å². The van der Waals surface area contributed by atoms with Crippen molar-refractivity contribution in [1.82, 2.24) is 10.1 Å². The van der Waals surface area contributed by atoms with Crippen LogP contribution in [0.5, 0.6) is 17.2 Å². The molecule has 3 aliphatic heterocycles. The first-order valence-corrected chi connectivity index (χ1v) is 10.1. The number of alkyl halides is 2. The highest BCUT2D eigenvalue weighted by Crippen LogP contribution is 2.57. The molecule has 160 valence electrons. The summed E-state index contributed by atoms with van der Waals surface area (Å²) in [6, 6.07) is 9.00. The fourth-order valence-electron chi connectivity index (χ4n) is 4.70. The van der Waals surface area contributed by atoms with Crippen molar-refractivity contribution in [2.75, 3.05) is 24.8 Å². The minimum absolute atomic E-state index is 0.163. The van der Waals surface area contributed by atoms with Crippen molar-refractivity contribution in [2.45, 2.75) is 24.8 Å². The van der Waals surface area contributed by atoms with Crippen molar-refractivity contribution in [3.63, 3.8) is 0 Å². The molecule has 0 saturated heterocycles. The van der Waals surface area contributed by atoms with Crippen molar-refractivity contribution >= 4 is 17.3 Å². The Morgan fingerprint density at radius 3 is 2.71 bits per heavy atom. The van der Waals surface area contributed by atoms with Gasteiger partial charge in [-0.05, 0) is 25.1 Å². The van der Waals surface area contributed by atoms with Crippen LogP contribution in [0.1, 0.15) is 42.2 Å². The minimum Gasteiger partial charge on any atom is -0.492 e. The van der Waals surface area contributed by atoms with E-state index in [1.807, 2.05) is 42.2 Å². The highest BCUT2D eigenvalue weighted by atomic mass is 35.5. The van der Waals surface area contributed by atoms with Crippen LogP contribution in [0.4, 0.5) is 14.5 Å². The van der Waals surface area contributed by atoms with E-state index < -0.39 is 23.8 Å². The summed E-state index contributed by atoms with van der Waals surface area (Å²) in [7, 11) is 0. The third-order valence-electron chi connectivity index (χ3n) is 6.17. The minimum atomic E-state index is -2.82. The molecule has 4 heterocycles. The molecule has 10 heteroatoms. The molecule has 0 bridgehead atoms. The lowest BCUT2D eigenvalue weighted by Gasteiger charge is -2.28. The van der Waals surface area contributed by atoms with E-state index in [-0.39, 0.29) is 12.6 Å². The summed E-state index contributed by atoms with van der Waals surface area (Å²) >= 11 is 6.70. The Balaban J connectivity index is 1.47. The molecule has 1 aromatic heterocycles. The van der Waals surface area contributed by atoms with E-state index >= 15 is 0 Å². The largest absolute Gasteiger partial charge is 0.492 e. The van der Waals surface area contributed by atoms with Gasteiger partial charge in [-0.2, -0.15) is 13.8 Å². The summed E-state index contributed by atoms with van der Waals surface area (Å²) < 4.78 is 47.8. The zero-order valence-corrected chi connectivity index (χ0v) is 17.0. The van der Waals surface area contributed by atoms with Crippen molar-refractivity contribution in [2.24, 2.45) is 0 Å². The molecule has 3 aliphatic rings. The molecule has 0 amide bonds. The standard InChI is InChI=1S/C21H16ClF2N3O4/c1-10(19-25-20(18(23)24)31-26-19)27-7-21(17-12(22)3-2-4-13(17)27)8-28-14-6-16-15(5-11(14)21)29-9-30-16/h2-6,10,18H,7-9H2,1H3. The van der Waals surface area contributed by atoms with Crippen LogP contribution < -0.4 is 19.1 Å². The molecule has 0 saturated carbocycles. The predicted molar refractivity (Wildman–Crippen MR) is 105 cm³/mol. The third-order valence-corrected chi connectivity index (χ3v) is 6.48. The Morgan fingerprint density at radius 1 is 1.13 bits per heavy atom. The predicted octanol–water partition coefficient (Wildman–Crippen LogP) is 4.65. The Morgan fingerprint density at radius 2 is 1.94 bits per heavy atom. The van der Waals surface area contributed by atoms with Crippen LogP contribution in [-0.4, -0.2) is 30.1 Å². The molecule has 0 radical (unpaired) electrons. The molecule has 2 aromatic carbocycles. The lowest BCUT2D eigenvalue weighted by Crippen LogP contribution is -2.37. The van der Waals surface area contributed by atoms with Gasteiger partial charge in [-0.1, -0.05) is 22.8 Å². The highest BCUT2D eigenvalue weighted by molar-refractivity contribution is 6.32. The van der Waals surface area contributed by atoms with Gasteiger partial charge in [0.2, 0.25) is 6.79 Å². The van der Waals surface area contributed by atoms with Gasteiger partial charge in [0.15, 0.2) is 17.3 Å². The lowest BCUT2D eigenvalue weighted by atomic mass is 9.77. The van der Waals surface area contributed by atoms with Gasteiger partial charge in [0.1, 0.15) is 12.4 Å². The number of hydrogen-bond donors (Lipinski definition) is 0. The van der Waals surface area contributed by atoms with E-state index in [4.69, 9.17) is 30.3 Å². The summed E-state index contributed by atoms with van der Waals surface area (Å²) in [6.07, 6.45) is -2.82. The molecular formula is C21H16ClF2N3O4. The zero-order valence-electron chi connectivity index (χ0n) is 16.3. The quantitative estimate of drug-likeness (QED) is 0.578. The Kier molecular flexibility index (Phi) is 3.89. The topological polar surface area (TPSA) is 69.9 Å². The van der Waals surface area contributed by atoms with Gasteiger partial charge in [-0.25, -0.2) is 0 Å². The number of benzene rings is 2. The van der Waals surface area contributed by atoms with Crippen LogP contribution in [0.15, 0.2) is 34.9 Å². The van der Waals surface area contributed by atoms with Gasteiger partial charge >= 0.3 is 6.43 Å². The van der Waals surface area contributed by atoms with Gasteiger partial charge in [0, 0.05) is 34.4 Å². The van der Waals surface area contributed by atoms with Crippen molar-refractivity contribution in [1.29, 1.82) is 0 Å². The number of anilines is 1. The van der Waals surface area contributed by atoms with Gasteiger partial charge in [-0.3, -0.25) is 0 Å². The van der Waals surface area contributed by atoms with Crippen LogP contribution in [-0.2, 0) is 5.41 Å². The number of aromatic nitrogens is 2. The lowest BCUT2D eigenvalue weighted by molar-refractivity contribution is 0.106. The van der Waals surface area contributed by atoms with E-state index in [9.17, 15) is 8.78 Å². The molecular weight excluding hydrogens is 432 g/mol. The Hall–Kier alpha value is -3.07. The second kappa shape index (κ2) is 6.46. The smallest absolute Gasteiger partial charge is 0.315 e. The summed E-state index contributed by atoms with van der Waals surface area (Å²) in [5, 5.41) is 4.38. The van der Waals surface area contributed by atoms with Crippen LogP contribution in [0, 0.1) is 0 Å². The van der Waals surface area contributed by atoms with Gasteiger partial charge in [0.05, 0.1) is 11.5 Å². The number of nitrogens with zero attached hydrogens (tertiary/aromatic N) is 3. The van der Waals surface area contributed by atoms with E-state index in [1.165, 1.54) is 0 Å². The summed E-state index contributed by atoms with van der Waals surface area (Å²) in [4.78, 5) is 5.93. The molecule has 2 unspecified atom stereocenters. The highest BCUT2D eigenvalue weighted by Gasteiger charge is 2.53. The molecule has 3 aromatic rings. The van der Waals surface area contributed by atoms with E-state index in [0.29, 0.717) is 35.4 Å². The van der Waals surface area contributed by atoms with Gasteiger partial charge in [-0.15, -0.1) is 0 Å². The summed E-state index contributed by atoms with van der Waals surface area (Å²) in [5.41, 5.74) is 2.17. The molecule has 0 N–H and O–H groups in total. The molecule has 7 nitrogen and oxygen atoms in total. The number of ether oxygens (including phenoxy) is 3. The van der Waals surface area contributed by atoms with Crippen LogP contribution in [0.2, 0.25) is 5.02 Å². The maximum absolute atomic E-state index is 13.0. The van der Waals surface area contributed by atoms with Crippen LogP contribution in [0.25, 0.3) is 0 Å². The third kappa shape index (κ3) is 2.56. The zero-order chi connectivity index (χ0) is 21.3. The SMILES string of the molecule is CC(c1noc(C(F)F)n1)N1CC2(COc3cc4c(cc32)OCO4)c2c(Cl)cccc21. The second-order valence-corrected chi connectivity index (χ2v) is 8.21.